The van der Waals surface area contributed by atoms with Crippen molar-refractivity contribution >= 4 is 11.9 Å². The van der Waals surface area contributed by atoms with E-state index in [-0.39, 0.29) is 38.0 Å². The van der Waals surface area contributed by atoms with Crippen LogP contribution in [0.3, 0.4) is 0 Å². The average Bonchev–Trinajstić information content (AvgIpc) is 3.19. The fourth-order valence-corrected chi connectivity index (χ4v) is 5.92. The highest BCUT2D eigenvalue weighted by molar-refractivity contribution is 5.69. The molecule has 0 saturated heterocycles. The number of carbonyl (C=O) groups excluding carboxylic acids is 2. The third-order valence-corrected chi connectivity index (χ3v) is 9.54. The van der Waals surface area contributed by atoms with Gasteiger partial charge in [0.1, 0.15) is 0 Å². The maximum Gasteiger partial charge on any atom is 0.305 e. The molecule has 0 aromatic heterocycles. The first-order chi connectivity index (χ1) is 27.1. The molecule has 7 nitrogen and oxygen atoms in total. The fourth-order valence-electron chi connectivity index (χ4n) is 5.92. The van der Waals surface area contributed by atoms with Gasteiger partial charge in [0.05, 0.1) is 39.0 Å². The highest BCUT2D eigenvalue weighted by atomic mass is 16.7. The molecular formula is C48H86O7. The number of hydrogen-bond acceptors (Lipinski definition) is 7. The Balaban J connectivity index is 4.17. The van der Waals surface area contributed by atoms with Gasteiger partial charge < -0.3 is 24.1 Å². The molecule has 0 bridgehead atoms. The first kappa shape index (κ1) is 52.8. The van der Waals surface area contributed by atoms with Crippen LogP contribution in [0.4, 0.5) is 0 Å². The zero-order chi connectivity index (χ0) is 40.1. The van der Waals surface area contributed by atoms with Crippen LogP contribution in [0.2, 0.25) is 0 Å². The van der Waals surface area contributed by atoms with Crippen molar-refractivity contribution in [1.82, 2.24) is 0 Å². The van der Waals surface area contributed by atoms with Gasteiger partial charge >= 0.3 is 11.9 Å². The number of esters is 2. The monoisotopic (exact) mass is 775 g/mol. The van der Waals surface area contributed by atoms with Crippen molar-refractivity contribution in [3.8, 4) is 0 Å². The molecule has 0 amide bonds. The van der Waals surface area contributed by atoms with E-state index in [9.17, 15) is 14.7 Å². The minimum Gasteiger partial charge on any atom is -0.465 e. The summed E-state index contributed by atoms with van der Waals surface area (Å²) in [6.45, 7) is 7.91. The minimum atomic E-state index is -0.416. The zero-order valence-electron chi connectivity index (χ0n) is 36.0. The first-order valence-electron chi connectivity index (χ1n) is 22.8. The van der Waals surface area contributed by atoms with E-state index in [0.29, 0.717) is 32.5 Å². The number of hydrogen-bond donors (Lipinski definition) is 1. The second kappa shape index (κ2) is 44.5. The minimum absolute atomic E-state index is 0.0429. The van der Waals surface area contributed by atoms with Gasteiger partial charge in [-0.25, -0.2) is 0 Å². The number of rotatable bonds is 42. The summed E-state index contributed by atoms with van der Waals surface area (Å²) in [4.78, 5) is 24.7. The Hall–Kier alpha value is -2.22. The van der Waals surface area contributed by atoms with Crippen LogP contribution in [-0.2, 0) is 28.5 Å². The molecule has 1 atom stereocenters. The molecule has 0 aliphatic carbocycles. The van der Waals surface area contributed by atoms with E-state index in [1.54, 1.807) is 0 Å². The van der Waals surface area contributed by atoms with Crippen molar-refractivity contribution in [1.29, 1.82) is 0 Å². The summed E-state index contributed by atoms with van der Waals surface area (Å²) < 4.78 is 23.0. The molecule has 0 aromatic carbocycles. The molecule has 7 heteroatoms. The van der Waals surface area contributed by atoms with Gasteiger partial charge in [-0.2, -0.15) is 0 Å². The van der Waals surface area contributed by atoms with Crippen molar-refractivity contribution in [2.24, 2.45) is 5.92 Å². The molecular weight excluding hydrogens is 689 g/mol. The lowest BCUT2D eigenvalue weighted by Gasteiger charge is -2.18. The van der Waals surface area contributed by atoms with Gasteiger partial charge in [-0.1, -0.05) is 127 Å². The lowest BCUT2D eigenvalue weighted by Crippen LogP contribution is -2.24. The smallest absolute Gasteiger partial charge is 0.305 e. The van der Waals surface area contributed by atoms with Crippen LogP contribution in [0.1, 0.15) is 201 Å². The molecule has 0 saturated carbocycles. The fraction of sp³-hybridized carbons (Fsp3) is 0.792. The van der Waals surface area contributed by atoms with Crippen molar-refractivity contribution in [2.75, 3.05) is 33.0 Å². The molecule has 55 heavy (non-hydrogen) atoms. The molecule has 0 radical (unpaired) electrons. The van der Waals surface area contributed by atoms with E-state index in [4.69, 9.17) is 18.9 Å². The Bertz CT molecular complexity index is 913. The van der Waals surface area contributed by atoms with Gasteiger partial charge in [0.15, 0.2) is 6.29 Å². The molecule has 1 unspecified atom stereocenters. The average molecular weight is 775 g/mol. The lowest BCUT2D eigenvalue weighted by atomic mass is 10.1. The molecule has 0 fully saturated rings. The van der Waals surface area contributed by atoms with Crippen LogP contribution in [0.5, 0.6) is 0 Å². The summed E-state index contributed by atoms with van der Waals surface area (Å²) in [6, 6.07) is 0. The maximum atomic E-state index is 12.4. The maximum absolute atomic E-state index is 12.4. The predicted molar refractivity (Wildman–Crippen MR) is 231 cm³/mol. The second-order valence-corrected chi connectivity index (χ2v) is 15.0. The summed E-state index contributed by atoms with van der Waals surface area (Å²) >= 11 is 0. The van der Waals surface area contributed by atoms with E-state index in [1.807, 2.05) is 0 Å². The third kappa shape index (κ3) is 41.2. The Labute approximate surface area is 339 Å². The molecule has 0 rings (SSSR count). The van der Waals surface area contributed by atoms with Crippen molar-refractivity contribution in [3.63, 3.8) is 0 Å². The van der Waals surface area contributed by atoms with E-state index in [0.717, 1.165) is 83.5 Å². The number of unbranched alkanes of at least 4 members (excludes halogenated alkanes) is 17. The molecule has 320 valence electrons. The van der Waals surface area contributed by atoms with Gasteiger partial charge in [0, 0.05) is 12.8 Å². The normalized spacial score (nSPS) is 12.7. The largest absolute Gasteiger partial charge is 0.465 e. The van der Waals surface area contributed by atoms with Crippen molar-refractivity contribution < 1.29 is 33.6 Å². The number of ether oxygens (including phenoxy) is 4. The highest BCUT2D eigenvalue weighted by Gasteiger charge is 2.15. The van der Waals surface area contributed by atoms with Crippen LogP contribution in [0, 0.1) is 5.92 Å². The third-order valence-electron chi connectivity index (χ3n) is 9.54. The van der Waals surface area contributed by atoms with E-state index < -0.39 is 5.92 Å². The second-order valence-electron chi connectivity index (χ2n) is 15.0. The summed E-state index contributed by atoms with van der Waals surface area (Å²) in [6.07, 6.45) is 47.1. The van der Waals surface area contributed by atoms with Gasteiger partial charge in [-0.15, -0.1) is 0 Å². The number of aliphatic hydroxyl groups excluding tert-OH is 1. The molecule has 0 aliphatic heterocycles. The van der Waals surface area contributed by atoms with Crippen molar-refractivity contribution in [2.45, 2.75) is 207 Å². The summed E-state index contributed by atoms with van der Waals surface area (Å²) in [5.74, 6) is -0.974. The molecule has 0 aromatic rings. The van der Waals surface area contributed by atoms with Crippen molar-refractivity contribution in [3.05, 3.63) is 48.6 Å². The number of carbonyl (C=O) groups is 2. The first-order valence-corrected chi connectivity index (χ1v) is 22.8. The number of allylic oxidation sites excluding steroid dienone is 8. The summed E-state index contributed by atoms with van der Waals surface area (Å²) in [7, 11) is 0. The Morgan fingerprint density at radius 1 is 0.473 bits per heavy atom. The van der Waals surface area contributed by atoms with Crippen LogP contribution in [-0.4, -0.2) is 56.4 Å². The van der Waals surface area contributed by atoms with Gasteiger partial charge in [0.25, 0.3) is 0 Å². The Kier molecular flexibility index (Phi) is 42.7. The van der Waals surface area contributed by atoms with Crippen LogP contribution >= 0.6 is 0 Å². The van der Waals surface area contributed by atoms with Gasteiger partial charge in [-0.3, -0.25) is 9.59 Å². The summed E-state index contributed by atoms with van der Waals surface area (Å²) in [5, 5.41) is 9.74. The van der Waals surface area contributed by atoms with E-state index in [2.05, 4.69) is 69.4 Å². The van der Waals surface area contributed by atoms with Crippen LogP contribution in [0.15, 0.2) is 48.6 Å². The molecule has 1 N–H and O–H groups in total. The van der Waals surface area contributed by atoms with E-state index >= 15 is 0 Å². The standard InChI is InChI=1S/C48H86O7/c1-4-7-10-13-16-19-20-21-22-23-24-25-26-29-32-37-46(50)54-43-45(42-49)44-55-47(51)38-33-34-39-48(52-40-35-30-27-17-14-11-8-5-2)53-41-36-31-28-18-15-12-9-6-3/h16-19,21-22,27-28,45,48-49H,4-15,20,23-26,29-44H2,1-3H3/b19-16-,22-21-,27-17-,28-18-. The Morgan fingerprint density at radius 3 is 1.31 bits per heavy atom. The quantitative estimate of drug-likeness (QED) is 0.0286. The molecule has 0 spiro atoms. The van der Waals surface area contributed by atoms with Gasteiger partial charge in [-0.05, 0) is 109 Å². The molecule has 0 aliphatic rings. The van der Waals surface area contributed by atoms with Crippen LogP contribution < -0.4 is 0 Å². The molecule has 0 heterocycles. The van der Waals surface area contributed by atoms with Crippen LogP contribution in [0.25, 0.3) is 0 Å². The lowest BCUT2D eigenvalue weighted by molar-refractivity contribution is -0.151. The van der Waals surface area contributed by atoms with E-state index in [1.165, 1.54) is 77.0 Å². The topological polar surface area (TPSA) is 91.3 Å². The summed E-state index contributed by atoms with van der Waals surface area (Å²) in [5.41, 5.74) is 0. The highest BCUT2D eigenvalue weighted by Crippen LogP contribution is 2.13. The number of aliphatic hydroxyl groups is 1. The Morgan fingerprint density at radius 2 is 0.855 bits per heavy atom. The van der Waals surface area contributed by atoms with Gasteiger partial charge in [0.2, 0.25) is 0 Å². The SMILES string of the molecule is CCCCC/C=C\C/C=C\CCCCCCCC(=O)OCC(CO)COC(=O)CCCCC(OCCC/C=C\CCCCC)OCCC/C=C\CCCCC. The zero-order valence-corrected chi connectivity index (χ0v) is 36.0. The predicted octanol–water partition coefficient (Wildman–Crippen LogP) is 13.2.